The van der Waals surface area contributed by atoms with Gasteiger partial charge in [0.1, 0.15) is 0 Å². The van der Waals surface area contributed by atoms with E-state index in [1.54, 1.807) is 19.2 Å². The number of hydrogen-bond donors (Lipinski definition) is 1. The van der Waals surface area contributed by atoms with E-state index in [1.165, 1.54) is 14.2 Å². The molecule has 0 heterocycles. The van der Waals surface area contributed by atoms with Gasteiger partial charge < -0.3 is 19.3 Å². The van der Waals surface area contributed by atoms with E-state index in [4.69, 9.17) is 14.2 Å². The Morgan fingerprint density at radius 2 is 1.67 bits per heavy atom. The molecule has 0 amide bonds. The Balaban J connectivity index is 2.82. The first kappa shape index (κ1) is 14.6. The van der Waals surface area contributed by atoms with Crippen molar-refractivity contribution >= 4 is 0 Å². The SMILES string of the molecule is COCCN(C)Cc1cc(OC)c(O)c(OC)c1. The van der Waals surface area contributed by atoms with Gasteiger partial charge in [-0.3, -0.25) is 4.90 Å². The number of nitrogens with zero attached hydrogens (tertiary/aromatic N) is 1. The van der Waals surface area contributed by atoms with Crippen molar-refractivity contribution in [1.82, 2.24) is 4.90 Å². The number of likely N-dealkylation sites (N-methyl/N-ethyl adjacent to an activating group) is 1. The van der Waals surface area contributed by atoms with Gasteiger partial charge in [-0.05, 0) is 24.7 Å². The number of benzene rings is 1. The molecular weight excluding hydrogens is 234 g/mol. The maximum absolute atomic E-state index is 9.81. The third kappa shape index (κ3) is 3.78. The molecule has 0 atom stereocenters. The molecule has 0 aromatic heterocycles. The van der Waals surface area contributed by atoms with Crippen LogP contribution in [0.5, 0.6) is 17.2 Å². The van der Waals surface area contributed by atoms with Crippen LogP contribution >= 0.6 is 0 Å². The van der Waals surface area contributed by atoms with Crippen LogP contribution in [-0.4, -0.2) is 51.5 Å². The fourth-order valence-electron chi connectivity index (χ4n) is 1.68. The second-order valence-corrected chi connectivity index (χ2v) is 4.08. The largest absolute Gasteiger partial charge is 0.502 e. The molecule has 0 bridgehead atoms. The molecule has 0 spiro atoms. The normalized spacial score (nSPS) is 10.7. The Morgan fingerprint density at radius 1 is 1.11 bits per heavy atom. The number of hydrogen-bond acceptors (Lipinski definition) is 5. The van der Waals surface area contributed by atoms with Crippen LogP contribution in [0.3, 0.4) is 0 Å². The van der Waals surface area contributed by atoms with E-state index in [-0.39, 0.29) is 5.75 Å². The molecule has 1 N–H and O–H groups in total. The molecule has 0 aliphatic rings. The zero-order valence-electron chi connectivity index (χ0n) is 11.4. The summed E-state index contributed by atoms with van der Waals surface area (Å²) >= 11 is 0. The van der Waals surface area contributed by atoms with Crippen LogP contribution in [0, 0.1) is 0 Å². The van der Waals surface area contributed by atoms with Gasteiger partial charge in [-0.25, -0.2) is 0 Å². The summed E-state index contributed by atoms with van der Waals surface area (Å²) in [6, 6.07) is 3.61. The zero-order chi connectivity index (χ0) is 13.5. The van der Waals surface area contributed by atoms with Gasteiger partial charge >= 0.3 is 0 Å². The first-order chi connectivity index (χ1) is 8.62. The number of phenolic OH excluding ortho intramolecular Hbond substituents is 1. The van der Waals surface area contributed by atoms with Crippen LogP contribution in [0.2, 0.25) is 0 Å². The first-order valence-electron chi connectivity index (χ1n) is 5.73. The van der Waals surface area contributed by atoms with Crippen molar-refractivity contribution in [2.45, 2.75) is 6.54 Å². The summed E-state index contributed by atoms with van der Waals surface area (Å²) in [4.78, 5) is 2.12. The Bertz CT molecular complexity index is 356. The molecule has 5 nitrogen and oxygen atoms in total. The lowest BCUT2D eigenvalue weighted by Crippen LogP contribution is -2.22. The fraction of sp³-hybridized carbons (Fsp3) is 0.538. The summed E-state index contributed by atoms with van der Waals surface area (Å²) in [5.41, 5.74) is 1.01. The highest BCUT2D eigenvalue weighted by Gasteiger charge is 2.12. The van der Waals surface area contributed by atoms with Gasteiger partial charge in [-0.15, -0.1) is 0 Å². The molecule has 0 aliphatic heterocycles. The van der Waals surface area contributed by atoms with Gasteiger partial charge in [0.25, 0.3) is 0 Å². The van der Waals surface area contributed by atoms with Crippen LogP contribution in [0.1, 0.15) is 5.56 Å². The van der Waals surface area contributed by atoms with Gasteiger partial charge in [0.05, 0.1) is 20.8 Å². The molecule has 0 radical (unpaired) electrons. The van der Waals surface area contributed by atoms with Gasteiger partial charge in [0, 0.05) is 20.2 Å². The third-order valence-corrected chi connectivity index (χ3v) is 2.67. The monoisotopic (exact) mass is 255 g/mol. The van der Waals surface area contributed by atoms with Crippen LogP contribution < -0.4 is 9.47 Å². The van der Waals surface area contributed by atoms with Crippen LogP contribution in [0.25, 0.3) is 0 Å². The molecule has 0 aliphatic carbocycles. The molecule has 1 aromatic rings. The topological polar surface area (TPSA) is 51.2 Å². The van der Waals surface area contributed by atoms with Crippen molar-refractivity contribution in [3.63, 3.8) is 0 Å². The Kier molecular flexibility index (Phi) is 5.74. The minimum Gasteiger partial charge on any atom is -0.502 e. The van der Waals surface area contributed by atoms with Crippen molar-refractivity contribution in [3.8, 4) is 17.2 Å². The quantitative estimate of drug-likeness (QED) is 0.800. The summed E-state index contributed by atoms with van der Waals surface area (Å²) in [7, 11) is 6.73. The predicted molar refractivity (Wildman–Crippen MR) is 69.4 cm³/mol. The third-order valence-electron chi connectivity index (χ3n) is 2.67. The van der Waals surface area contributed by atoms with Crippen LogP contribution in [-0.2, 0) is 11.3 Å². The maximum Gasteiger partial charge on any atom is 0.200 e. The molecule has 0 fully saturated rings. The second kappa shape index (κ2) is 7.08. The van der Waals surface area contributed by atoms with E-state index in [0.717, 1.165) is 18.7 Å². The highest BCUT2D eigenvalue weighted by atomic mass is 16.5. The zero-order valence-corrected chi connectivity index (χ0v) is 11.4. The van der Waals surface area contributed by atoms with Crippen LogP contribution in [0.4, 0.5) is 0 Å². The molecule has 0 saturated carbocycles. The van der Waals surface area contributed by atoms with Crippen molar-refractivity contribution in [3.05, 3.63) is 17.7 Å². The summed E-state index contributed by atoms with van der Waals surface area (Å²) in [5.74, 6) is 0.872. The molecule has 102 valence electrons. The molecule has 5 heteroatoms. The predicted octanol–water partition coefficient (Wildman–Crippen LogP) is 1.49. The van der Waals surface area contributed by atoms with Crippen molar-refractivity contribution in [2.24, 2.45) is 0 Å². The first-order valence-corrected chi connectivity index (χ1v) is 5.73. The lowest BCUT2D eigenvalue weighted by molar-refractivity contribution is 0.158. The number of phenols is 1. The standard InChI is InChI=1S/C13H21NO4/c1-14(5-6-16-2)9-10-7-11(17-3)13(15)12(8-10)18-4/h7-8,15H,5-6,9H2,1-4H3. The number of rotatable bonds is 7. The number of aromatic hydroxyl groups is 1. The van der Waals surface area contributed by atoms with Gasteiger partial charge in [0.2, 0.25) is 5.75 Å². The highest BCUT2D eigenvalue weighted by Crippen LogP contribution is 2.37. The smallest absolute Gasteiger partial charge is 0.200 e. The van der Waals surface area contributed by atoms with Crippen molar-refractivity contribution < 1.29 is 19.3 Å². The fourth-order valence-corrected chi connectivity index (χ4v) is 1.68. The summed E-state index contributed by atoms with van der Waals surface area (Å²) in [6.07, 6.45) is 0. The van der Waals surface area contributed by atoms with E-state index in [9.17, 15) is 5.11 Å². The van der Waals surface area contributed by atoms with E-state index < -0.39 is 0 Å². The molecule has 1 aromatic carbocycles. The van der Waals surface area contributed by atoms with E-state index in [1.807, 2.05) is 7.05 Å². The van der Waals surface area contributed by atoms with Crippen molar-refractivity contribution in [1.29, 1.82) is 0 Å². The molecule has 1 rings (SSSR count). The lowest BCUT2D eigenvalue weighted by Gasteiger charge is -2.17. The van der Waals surface area contributed by atoms with E-state index >= 15 is 0 Å². The molecule has 0 unspecified atom stereocenters. The lowest BCUT2D eigenvalue weighted by atomic mass is 10.1. The summed E-state index contributed by atoms with van der Waals surface area (Å²) in [5, 5.41) is 9.81. The Labute approximate surface area is 108 Å². The van der Waals surface area contributed by atoms with E-state index in [0.29, 0.717) is 18.1 Å². The van der Waals surface area contributed by atoms with Gasteiger partial charge in [-0.1, -0.05) is 0 Å². The summed E-state index contributed by atoms with van der Waals surface area (Å²) in [6.45, 7) is 2.25. The van der Waals surface area contributed by atoms with Crippen molar-refractivity contribution in [2.75, 3.05) is 41.5 Å². The Morgan fingerprint density at radius 3 is 2.11 bits per heavy atom. The minimum absolute atomic E-state index is 0.0308. The molecular formula is C13H21NO4. The molecule has 0 saturated heterocycles. The number of ether oxygens (including phenoxy) is 3. The minimum atomic E-state index is 0.0308. The number of methoxy groups -OCH3 is 3. The van der Waals surface area contributed by atoms with Gasteiger partial charge in [-0.2, -0.15) is 0 Å². The van der Waals surface area contributed by atoms with Crippen LogP contribution in [0.15, 0.2) is 12.1 Å². The van der Waals surface area contributed by atoms with E-state index in [2.05, 4.69) is 4.90 Å². The average Bonchev–Trinajstić information content (AvgIpc) is 2.38. The maximum atomic E-state index is 9.81. The van der Waals surface area contributed by atoms with Gasteiger partial charge in [0.15, 0.2) is 11.5 Å². The average molecular weight is 255 g/mol. The second-order valence-electron chi connectivity index (χ2n) is 4.08. The summed E-state index contributed by atoms with van der Waals surface area (Å²) < 4.78 is 15.3. The highest BCUT2D eigenvalue weighted by molar-refractivity contribution is 5.52. The Hall–Kier alpha value is -1.46. The molecule has 18 heavy (non-hydrogen) atoms.